The molecular weight excluding hydrogens is 286 g/mol. The van der Waals surface area contributed by atoms with Crippen LogP contribution in [0.25, 0.3) is 11.8 Å². The molecule has 0 saturated heterocycles. The summed E-state index contributed by atoms with van der Waals surface area (Å²) in [6, 6.07) is 10.2. The van der Waals surface area contributed by atoms with Crippen molar-refractivity contribution in [2.45, 2.75) is 38.6 Å². The van der Waals surface area contributed by atoms with Crippen LogP contribution in [0.4, 0.5) is 0 Å². The molecule has 1 aromatic carbocycles. The first-order valence-corrected chi connectivity index (χ1v) is 8.31. The maximum atomic E-state index is 12.1. The third-order valence-electron chi connectivity index (χ3n) is 4.49. The van der Waals surface area contributed by atoms with E-state index < -0.39 is 0 Å². The molecule has 1 N–H and O–H groups in total. The molecule has 120 valence electrons. The van der Waals surface area contributed by atoms with Crippen molar-refractivity contribution in [2.24, 2.45) is 5.92 Å². The van der Waals surface area contributed by atoms with E-state index in [0.29, 0.717) is 12.0 Å². The summed E-state index contributed by atoms with van der Waals surface area (Å²) in [5.41, 5.74) is 1.92. The maximum absolute atomic E-state index is 12.1. The second-order valence-electron chi connectivity index (χ2n) is 6.26. The van der Waals surface area contributed by atoms with Gasteiger partial charge in [-0.05, 0) is 37.0 Å². The Bertz CT molecular complexity index is 675. The first-order chi connectivity index (χ1) is 11.2. The maximum Gasteiger partial charge on any atom is 0.244 e. The Hall–Kier alpha value is -2.36. The smallest absolute Gasteiger partial charge is 0.244 e. The van der Waals surface area contributed by atoms with E-state index in [2.05, 4.69) is 17.3 Å². The summed E-state index contributed by atoms with van der Waals surface area (Å²) in [7, 11) is 0. The molecule has 1 aromatic heterocycles. The van der Waals surface area contributed by atoms with Crippen molar-refractivity contribution in [2.75, 3.05) is 0 Å². The van der Waals surface area contributed by atoms with Crippen molar-refractivity contribution in [1.29, 1.82) is 0 Å². The molecule has 1 heterocycles. The van der Waals surface area contributed by atoms with Crippen LogP contribution in [0.3, 0.4) is 0 Å². The molecular formula is C19H23N3O. The van der Waals surface area contributed by atoms with Crippen LogP contribution in [0.2, 0.25) is 0 Å². The Kier molecular flexibility index (Phi) is 4.91. The van der Waals surface area contributed by atoms with E-state index >= 15 is 0 Å². The van der Waals surface area contributed by atoms with Gasteiger partial charge < -0.3 is 5.32 Å². The van der Waals surface area contributed by atoms with Gasteiger partial charge in [0, 0.05) is 23.9 Å². The van der Waals surface area contributed by atoms with E-state index in [1.54, 1.807) is 17.0 Å². The SMILES string of the molecule is CC1CCCCC1NC(=O)/C=C/c1cnn(-c2ccccc2)c1. The average molecular weight is 309 g/mol. The highest BCUT2D eigenvalue weighted by molar-refractivity contribution is 5.91. The number of nitrogens with one attached hydrogen (secondary N) is 1. The molecule has 1 saturated carbocycles. The minimum Gasteiger partial charge on any atom is -0.350 e. The standard InChI is InChI=1S/C19H23N3O/c1-15-7-5-6-10-18(15)21-19(23)12-11-16-13-20-22(14-16)17-8-3-2-4-9-17/h2-4,8-9,11-15,18H,5-7,10H2,1H3,(H,21,23)/b12-11+. The summed E-state index contributed by atoms with van der Waals surface area (Å²) in [4.78, 5) is 12.1. The van der Waals surface area contributed by atoms with Crippen LogP contribution in [-0.4, -0.2) is 21.7 Å². The zero-order valence-corrected chi connectivity index (χ0v) is 13.5. The number of amides is 1. The average Bonchev–Trinajstić information content (AvgIpc) is 3.05. The van der Waals surface area contributed by atoms with Gasteiger partial charge in [-0.15, -0.1) is 0 Å². The summed E-state index contributed by atoms with van der Waals surface area (Å²) in [5, 5.41) is 7.45. The molecule has 2 atom stereocenters. The number of rotatable bonds is 4. The van der Waals surface area contributed by atoms with Crippen LogP contribution < -0.4 is 5.32 Å². The summed E-state index contributed by atoms with van der Waals surface area (Å²) < 4.78 is 1.81. The van der Waals surface area contributed by atoms with E-state index in [9.17, 15) is 4.79 Å². The molecule has 1 amide bonds. The summed E-state index contributed by atoms with van der Waals surface area (Å²) in [5.74, 6) is 0.554. The molecule has 3 rings (SSSR count). The van der Waals surface area contributed by atoms with Crippen molar-refractivity contribution < 1.29 is 4.79 Å². The summed E-state index contributed by atoms with van der Waals surface area (Å²) >= 11 is 0. The number of carbonyl (C=O) groups excluding carboxylic acids is 1. The molecule has 0 spiro atoms. The minimum atomic E-state index is -0.0174. The predicted molar refractivity (Wildman–Crippen MR) is 92.2 cm³/mol. The summed E-state index contributed by atoms with van der Waals surface area (Å²) in [6.45, 7) is 2.22. The van der Waals surface area contributed by atoms with Gasteiger partial charge in [0.05, 0.1) is 11.9 Å². The van der Waals surface area contributed by atoms with Crippen molar-refractivity contribution in [3.05, 3.63) is 54.4 Å². The highest BCUT2D eigenvalue weighted by atomic mass is 16.1. The van der Waals surface area contributed by atoms with Crippen molar-refractivity contribution in [1.82, 2.24) is 15.1 Å². The number of aromatic nitrogens is 2. The molecule has 2 unspecified atom stereocenters. The van der Waals surface area contributed by atoms with E-state index in [1.807, 2.05) is 42.6 Å². The lowest BCUT2D eigenvalue weighted by molar-refractivity contribution is -0.117. The third-order valence-corrected chi connectivity index (χ3v) is 4.49. The van der Waals surface area contributed by atoms with Gasteiger partial charge in [0.15, 0.2) is 0 Å². The first kappa shape index (κ1) is 15.5. The highest BCUT2D eigenvalue weighted by Crippen LogP contribution is 2.23. The van der Waals surface area contributed by atoms with Crippen LogP contribution in [0, 0.1) is 5.92 Å². The molecule has 4 heteroatoms. The van der Waals surface area contributed by atoms with E-state index in [4.69, 9.17) is 0 Å². The van der Waals surface area contributed by atoms with Crippen molar-refractivity contribution >= 4 is 12.0 Å². The van der Waals surface area contributed by atoms with Gasteiger partial charge in [-0.1, -0.05) is 38.0 Å². The van der Waals surface area contributed by atoms with E-state index in [0.717, 1.165) is 17.7 Å². The Morgan fingerprint density at radius 2 is 2.04 bits per heavy atom. The van der Waals surface area contributed by atoms with E-state index in [-0.39, 0.29) is 5.91 Å². The second kappa shape index (κ2) is 7.27. The molecule has 0 bridgehead atoms. The van der Waals surface area contributed by atoms with Crippen LogP contribution in [0.5, 0.6) is 0 Å². The third kappa shape index (κ3) is 4.09. The fourth-order valence-corrected chi connectivity index (χ4v) is 3.08. The molecule has 0 radical (unpaired) electrons. The van der Waals surface area contributed by atoms with Crippen molar-refractivity contribution in [3.8, 4) is 5.69 Å². The van der Waals surface area contributed by atoms with Crippen LogP contribution in [0.1, 0.15) is 38.2 Å². The largest absolute Gasteiger partial charge is 0.350 e. The van der Waals surface area contributed by atoms with Gasteiger partial charge >= 0.3 is 0 Å². The molecule has 2 aromatic rings. The predicted octanol–water partition coefficient (Wildman–Crippen LogP) is 3.58. The molecule has 23 heavy (non-hydrogen) atoms. The van der Waals surface area contributed by atoms with Gasteiger partial charge in [-0.25, -0.2) is 4.68 Å². The zero-order valence-electron chi connectivity index (χ0n) is 13.5. The fourth-order valence-electron chi connectivity index (χ4n) is 3.08. The number of para-hydroxylation sites is 1. The lowest BCUT2D eigenvalue weighted by atomic mass is 9.86. The Morgan fingerprint density at radius 3 is 2.83 bits per heavy atom. The van der Waals surface area contributed by atoms with Gasteiger partial charge in [0.1, 0.15) is 0 Å². The lowest BCUT2D eigenvalue weighted by Crippen LogP contribution is -2.40. The Balaban J connectivity index is 1.59. The quantitative estimate of drug-likeness (QED) is 0.878. The Morgan fingerprint density at radius 1 is 1.26 bits per heavy atom. The number of hydrogen-bond acceptors (Lipinski definition) is 2. The summed E-state index contributed by atoms with van der Waals surface area (Å²) in [6.07, 6.45) is 11.9. The number of nitrogens with zero attached hydrogens (tertiary/aromatic N) is 2. The highest BCUT2D eigenvalue weighted by Gasteiger charge is 2.21. The van der Waals surface area contributed by atoms with Crippen LogP contribution >= 0.6 is 0 Å². The van der Waals surface area contributed by atoms with Crippen LogP contribution in [-0.2, 0) is 4.79 Å². The van der Waals surface area contributed by atoms with Gasteiger partial charge in [-0.3, -0.25) is 4.79 Å². The number of carbonyl (C=O) groups is 1. The molecule has 1 fully saturated rings. The topological polar surface area (TPSA) is 46.9 Å². The van der Waals surface area contributed by atoms with Gasteiger partial charge in [0.2, 0.25) is 5.91 Å². The monoisotopic (exact) mass is 309 g/mol. The zero-order chi connectivity index (χ0) is 16.1. The first-order valence-electron chi connectivity index (χ1n) is 8.31. The number of hydrogen-bond donors (Lipinski definition) is 1. The second-order valence-corrected chi connectivity index (χ2v) is 6.26. The molecule has 0 aliphatic heterocycles. The van der Waals surface area contributed by atoms with Crippen molar-refractivity contribution in [3.63, 3.8) is 0 Å². The normalized spacial score (nSPS) is 21.4. The van der Waals surface area contributed by atoms with Gasteiger partial charge in [-0.2, -0.15) is 5.10 Å². The molecule has 1 aliphatic carbocycles. The molecule has 1 aliphatic rings. The number of benzene rings is 1. The fraction of sp³-hybridized carbons (Fsp3) is 0.368. The van der Waals surface area contributed by atoms with E-state index in [1.165, 1.54) is 19.3 Å². The Labute approximate surface area is 137 Å². The van der Waals surface area contributed by atoms with Crippen LogP contribution in [0.15, 0.2) is 48.8 Å². The lowest BCUT2D eigenvalue weighted by Gasteiger charge is -2.29. The minimum absolute atomic E-state index is 0.0174. The van der Waals surface area contributed by atoms with Gasteiger partial charge in [0.25, 0.3) is 0 Å². The molecule has 4 nitrogen and oxygen atoms in total.